The number of likely N-dealkylation sites (tertiary alicyclic amines) is 1. The molecule has 3 heterocycles. The largest absolute Gasteiger partial charge is 0.382 e. The van der Waals surface area contributed by atoms with Crippen molar-refractivity contribution in [3.8, 4) is 23.2 Å². The Labute approximate surface area is 155 Å². The lowest BCUT2D eigenvalue weighted by Crippen LogP contribution is -2.37. The number of nitrogen functional groups attached to an aromatic ring is 1. The van der Waals surface area contributed by atoms with E-state index in [9.17, 15) is 9.90 Å². The van der Waals surface area contributed by atoms with Gasteiger partial charge >= 0.3 is 0 Å². The number of likely N-dealkylation sites (N-methyl/N-ethyl adjacent to an activating group) is 1. The predicted molar refractivity (Wildman–Crippen MR) is 101 cm³/mol. The number of amides is 1. The number of pyridine rings is 1. The minimum atomic E-state index is -1.62. The number of nitrogens with zero attached hydrogens (tertiary/aromatic N) is 4. The highest BCUT2D eigenvalue weighted by atomic mass is 16.3. The molecule has 1 saturated heterocycles. The Hall–Kier alpha value is -3.50. The average molecular weight is 359 g/mol. The molecule has 0 radical (unpaired) electrons. The van der Waals surface area contributed by atoms with Crippen molar-refractivity contribution in [1.29, 1.82) is 0 Å². The average Bonchev–Trinajstić information content (AvgIpc) is 2.95. The summed E-state index contributed by atoms with van der Waals surface area (Å²) in [4.78, 5) is 26.4. The quantitative estimate of drug-likeness (QED) is 0.633. The van der Waals surface area contributed by atoms with E-state index < -0.39 is 5.60 Å². The second kappa shape index (κ2) is 6.34. The molecule has 0 bridgehead atoms. The molecule has 1 atom stereocenters. The SMILES string of the molecule is CN1CC[C@](O)(C#Cc2cccc(-c3ncc4ccnc(N)c4n3)c2)C1=O. The summed E-state index contributed by atoms with van der Waals surface area (Å²) in [5.74, 6) is 6.09. The summed E-state index contributed by atoms with van der Waals surface area (Å²) in [7, 11) is 1.65. The minimum Gasteiger partial charge on any atom is -0.382 e. The van der Waals surface area contributed by atoms with Gasteiger partial charge in [-0.15, -0.1) is 0 Å². The Morgan fingerprint density at radius 3 is 2.93 bits per heavy atom. The molecule has 7 heteroatoms. The van der Waals surface area contributed by atoms with E-state index in [0.29, 0.717) is 35.7 Å². The van der Waals surface area contributed by atoms with Gasteiger partial charge in [0, 0.05) is 48.9 Å². The third-order valence-electron chi connectivity index (χ3n) is 4.57. The van der Waals surface area contributed by atoms with Crippen LogP contribution in [0, 0.1) is 11.8 Å². The van der Waals surface area contributed by atoms with Crippen molar-refractivity contribution in [3.63, 3.8) is 0 Å². The number of aliphatic hydroxyl groups is 1. The number of anilines is 1. The molecule has 2 aromatic heterocycles. The predicted octanol–water partition coefficient (Wildman–Crippen LogP) is 1.22. The highest BCUT2D eigenvalue weighted by molar-refractivity contribution is 5.90. The molecule has 3 aromatic rings. The van der Waals surface area contributed by atoms with Crippen molar-refractivity contribution >= 4 is 22.6 Å². The maximum atomic E-state index is 12.0. The van der Waals surface area contributed by atoms with E-state index in [0.717, 1.165) is 10.9 Å². The van der Waals surface area contributed by atoms with Crippen LogP contribution in [-0.4, -0.2) is 50.1 Å². The van der Waals surface area contributed by atoms with Crippen molar-refractivity contribution in [2.75, 3.05) is 19.3 Å². The van der Waals surface area contributed by atoms with Gasteiger partial charge in [-0.2, -0.15) is 0 Å². The highest BCUT2D eigenvalue weighted by Gasteiger charge is 2.42. The Balaban J connectivity index is 1.69. The van der Waals surface area contributed by atoms with Crippen LogP contribution in [0.25, 0.3) is 22.3 Å². The van der Waals surface area contributed by atoms with Crippen molar-refractivity contribution < 1.29 is 9.90 Å². The number of hydrogen-bond acceptors (Lipinski definition) is 6. The van der Waals surface area contributed by atoms with Gasteiger partial charge in [0.15, 0.2) is 5.82 Å². The molecular formula is C20H17N5O2. The van der Waals surface area contributed by atoms with Crippen LogP contribution in [0.1, 0.15) is 12.0 Å². The molecular weight excluding hydrogens is 342 g/mol. The third kappa shape index (κ3) is 3.07. The summed E-state index contributed by atoms with van der Waals surface area (Å²) >= 11 is 0. The molecule has 1 fully saturated rings. The fourth-order valence-electron chi connectivity index (χ4n) is 3.00. The third-order valence-corrected chi connectivity index (χ3v) is 4.57. The lowest BCUT2D eigenvalue weighted by atomic mass is 10.0. The topological polar surface area (TPSA) is 105 Å². The molecule has 1 aliphatic rings. The van der Waals surface area contributed by atoms with Gasteiger partial charge in [0.05, 0.1) is 0 Å². The summed E-state index contributed by atoms with van der Waals surface area (Å²) in [5.41, 5.74) is 6.29. The molecule has 4 rings (SSSR count). The van der Waals surface area contributed by atoms with Crippen molar-refractivity contribution in [2.24, 2.45) is 0 Å². The van der Waals surface area contributed by atoms with Crippen LogP contribution in [0.4, 0.5) is 5.82 Å². The zero-order valence-corrected chi connectivity index (χ0v) is 14.7. The summed E-state index contributed by atoms with van der Waals surface area (Å²) in [6, 6.07) is 9.11. The Kier molecular flexibility index (Phi) is 3.98. The number of rotatable bonds is 1. The lowest BCUT2D eigenvalue weighted by Gasteiger charge is -2.13. The van der Waals surface area contributed by atoms with E-state index in [1.54, 1.807) is 31.6 Å². The highest BCUT2D eigenvalue weighted by Crippen LogP contribution is 2.23. The number of fused-ring (bicyclic) bond motifs is 1. The van der Waals surface area contributed by atoms with E-state index >= 15 is 0 Å². The molecule has 134 valence electrons. The maximum absolute atomic E-state index is 12.0. The van der Waals surface area contributed by atoms with Crippen LogP contribution in [0.3, 0.4) is 0 Å². The van der Waals surface area contributed by atoms with E-state index in [-0.39, 0.29) is 5.91 Å². The molecule has 0 unspecified atom stereocenters. The minimum absolute atomic E-state index is 0.301. The molecule has 1 amide bonds. The zero-order chi connectivity index (χ0) is 19.0. The fourth-order valence-corrected chi connectivity index (χ4v) is 3.00. The van der Waals surface area contributed by atoms with E-state index in [1.165, 1.54) is 4.90 Å². The number of carbonyl (C=O) groups excluding carboxylic acids is 1. The first kappa shape index (κ1) is 16.9. The van der Waals surface area contributed by atoms with E-state index in [1.807, 2.05) is 18.2 Å². The standard InChI is InChI=1S/C20H17N5O2/c1-25-10-8-20(27,19(25)26)7-5-13-3-2-4-14(11-13)18-23-12-15-6-9-22-17(21)16(15)24-18/h2-4,6,9,11-12,27H,8,10H2,1H3,(H2,21,22)/t20-/m1/s1. The molecule has 0 saturated carbocycles. The summed E-state index contributed by atoms with van der Waals surface area (Å²) < 4.78 is 0. The van der Waals surface area contributed by atoms with Crippen LogP contribution in [0.15, 0.2) is 42.7 Å². The lowest BCUT2D eigenvalue weighted by molar-refractivity contribution is -0.137. The van der Waals surface area contributed by atoms with Gasteiger partial charge in [-0.05, 0) is 18.2 Å². The van der Waals surface area contributed by atoms with Crippen molar-refractivity contribution in [2.45, 2.75) is 12.0 Å². The summed E-state index contributed by atoms with van der Waals surface area (Å²) in [5, 5.41) is 11.2. The van der Waals surface area contributed by atoms with Crippen LogP contribution in [0.5, 0.6) is 0 Å². The Morgan fingerprint density at radius 2 is 2.15 bits per heavy atom. The fraction of sp³-hybridized carbons (Fsp3) is 0.200. The first-order valence-corrected chi connectivity index (χ1v) is 8.45. The van der Waals surface area contributed by atoms with Crippen molar-refractivity contribution in [3.05, 3.63) is 48.3 Å². The molecule has 3 N–H and O–H groups in total. The zero-order valence-electron chi connectivity index (χ0n) is 14.7. The molecule has 0 spiro atoms. The van der Waals surface area contributed by atoms with Gasteiger partial charge in [-0.25, -0.2) is 15.0 Å². The Bertz CT molecular complexity index is 1120. The first-order valence-electron chi connectivity index (χ1n) is 8.45. The smallest absolute Gasteiger partial charge is 0.267 e. The Morgan fingerprint density at radius 1 is 1.30 bits per heavy atom. The van der Waals surface area contributed by atoms with Gasteiger partial charge in [-0.3, -0.25) is 4.79 Å². The van der Waals surface area contributed by atoms with E-state index in [4.69, 9.17) is 5.73 Å². The molecule has 7 nitrogen and oxygen atoms in total. The molecule has 1 aliphatic heterocycles. The maximum Gasteiger partial charge on any atom is 0.267 e. The molecule has 1 aromatic carbocycles. The second-order valence-corrected chi connectivity index (χ2v) is 6.50. The number of hydrogen-bond donors (Lipinski definition) is 2. The van der Waals surface area contributed by atoms with Crippen LogP contribution in [0.2, 0.25) is 0 Å². The van der Waals surface area contributed by atoms with Crippen LogP contribution < -0.4 is 5.73 Å². The number of benzene rings is 1. The van der Waals surface area contributed by atoms with Crippen molar-refractivity contribution in [1.82, 2.24) is 19.9 Å². The van der Waals surface area contributed by atoms with Gasteiger partial charge in [0.1, 0.15) is 11.3 Å². The van der Waals surface area contributed by atoms with Crippen LogP contribution in [-0.2, 0) is 4.79 Å². The molecule has 0 aliphatic carbocycles. The number of carbonyl (C=O) groups is 1. The van der Waals surface area contributed by atoms with Gasteiger partial charge in [0.25, 0.3) is 5.91 Å². The monoisotopic (exact) mass is 359 g/mol. The second-order valence-electron chi connectivity index (χ2n) is 6.50. The van der Waals surface area contributed by atoms with Gasteiger partial charge in [0.2, 0.25) is 5.60 Å². The number of nitrogens with two attached hydrogens (primary N) is 1. The van der Waals surface area contributed by atoms with E-state index in [2.05, 4.69) is 26.8 Å². The first-order chi connectivity index (χ1) is 13.0. The normalized spacial score (nSPS) is 19.2. The summed E-state index contributed by atoms with van der Waals surface area (Å²) in [6.07, 6.45) is 3.61. The molecule has 27 heavy (non-hydrogen) atoms. The van der Waals surface area contributed by atoms with Crippen LogP contribution >= 0.6 is 0 Å². The number of aromatic nitrogens is 3. The van der Waals surface area contributed by atoms with Gasteiger partial charge in [-0.1, -0.05) is 24.0 Å². The summed E-state index contributed by atoms with van der Waals surface area (Å²) in [6.45, 7) is 0.491. The van der Waals surface area contributed by atoms with Gasteiger partial charge < -0.3 is 15.7 Å².